The van der Waals surface area contributed by atoms with Crippen molar-refractivity contribution in [3.05, 3.63) is 68.9 Å². The van der Waals surface area contributed by atoms with E-state index in [1.807, 2.05) is 36.8 Å². The van der Waals surface area contributed by atoms with Crippen LogP contribution >= 0.6 is 11.3 Å². The zero-order valence-electron chi connectivity index (χ0n) is 18.1. The molecule has 0 saturated heterocycles. The third kappa shape index (κ3) is 5.80. The van der Waals surface area contributed by atoms with Gasteiger partial charge in [-0.3, -0.25) is 4.79 Å². The number of carbonyl (C=O) groups is 2. The van der Waals surface area contributed by atoms with E-state index in [9.17, 15) is 9.59 Å². The quantitative estimate of drug-likeness (QED) is 0.347. The Hall–Kier alpha value is -2.97. The number of Topliss-reactive ketones (excluding diaryl/α,β-unsaturated/α-hetero) is 1. The molecule has 3 rings (SSSR count). The van der Waals surface area contributed by atoms with Gasteiger partial charge in [0, 0.05) is 36.0 Å². The number of rotatable bonds is 10. The summed E-state index contributed by atoms with van der Waals surface area (Å²) in [6, 6.07) is 8.44. The minimum atomic E-state index is -0.553. The minimum Gasteiger partial charge on any atom is -0.487 e. The monoisotopic (exact) mass is 442 g/mol. The molecule has 0 aliphatic heterocycles. The highest BCUT2D eigenvalue weighted by atomic mass is 32.1. The van der Waals surface area contributed by atoms with Crippen molar-refractivity contribution in [2.45, 2.75) is 33.9 Å². The van der Waals surface area contributed by atoms with Gasteiger partial charge in [-0.25, -0.2) is 9.78 Å². The van der Waals surface area contributed by atoms with Crippen molar-refractivity contribution in [1.29, 1.82) is 0 Å². The topological polar surface area (TPSA) is 79.7 Å². The number of ketones is 1. The summed E-state index contributed by atoms with van der Waals surface area (Å²) in [4.78, 5) is 29.2. The molecule has 0 bridgehead atoms. The molecule has 0 N–H and O–H groups in total. The van der Waals surface area contributed by atoms with E-state index < -0.39 is 5.97 Å². The second-order valence-electron chi connectivity index (χ2n) is 7.10. The van der Waals surface area contributed by atoms with Crippen LogP contribution < -0.4 is 4.74 Å². The van der Waals surface area contributed by atoms with Crippen LogP contribution in [0.15, 0.2) is 35.7 Å². The largest absolute Gasteiger partial charge is 0.487 e. The number of hydrogen-bond acceptors (Lipinski definition) is 7. The molecule has 0 aliphatic carbocycles. The summed E-state index contributed by atoms with van der Waals surface area (Å²) < 4.78 is 18.0. The summed E-state index contributed by atoms with van der Waals surface area (Å²) in [5.41, 5.74) is 3.59. The van der Waals surface area contributed by atoms with Gasteiger partial charge in [-0.1, -0.05) is 0 Å². The Morgan fingerprint density at radius 3 is 2.52 bits per heavy atom. The smallest absolute Gasteiger partial charge is 0.338 e. The van der Waals surface area contributed by atoms with Crippen LogP contribution in [-0.4, -0.2) is 41.6 Å². The van der Waals surface area contributed by atoms with Crippen LogP contribution in [-0.2, 0) is 22.6 Å². The first-order valence-corrected chi connectivity index (χ1v) is 10.8. The van der Waals surface area contributed by atoms with E-state index >= 15 is 0 Å². The lowest BCUT2D eigenvalue weighted by atomic mass is 10.1. The van der Waals surface area contributed by atoms with Crippen molar-refractivity contribution >= 4 is 23.1 Å². The molecule has 2 heterocycles. The third-order valence-electron chi connectivity index (χ3n) is 4.87. The summed E-state index contributed by atoms with van der Waals surface area (Å²) in [5, 5.41) is 2.94. The van der Waals surface area contributed by atoms with Gasteiger partial charge in [-0.05, 0) is 51.1 Å². The molecule has 0 aliphatic rings. The fraction of sp³-hybridized carbons (Fsp3) is 0.348. The molecule has 0 unspecified atom stereocenters. The maximum Gasteiger partial charge on any atom is 0.338 e. The molecule has 0 saturated carbocycles. The molecule has 0 spiro atoms. The first-order valence-electron chi connectivity index (χ1n) is 9.89. The van der Waals surface area contributed by atoms with Gasteiger partial charge < -0.3 is 18.8 Å². The number of aryl methyl sites for hydroxylation is 2. The molecule has 31 heavy (non-hydrogen) atoms. The Balaban J connectivity index is 1.54. The molecule has 1 aromatic carbocycles. The number of benzene rings is 1. The number of methoxy groups -OCH3 is 1. The Kier molecular flexibility index (Phi) is 7.59. The number of nitrogens with zero attached hydrogens (tertiary/aromatic N) is 2. The highest BCUT2D eigenvalue weighted by Crippen LogP contribution is 2.18. The maximum atomic E-state index is 12.6. The van der Waals surface area contributed by atoms with Crippen LogP contribution in [0.1, 0.15) is 42.8 Å². The number of hydrogen-bond donors (Lipinski definition) is 0. The highest BCUT2D eigenvalue weighted by molar-refractivity contribution is 7.09. The van der Waals surface area contributed by atoms with Crippen LogP contribution in [0.5, 0.6) is 5.75 Å². The van der Waals surface area contributed by atoms with Crippen LogP contribution in [0.4, 0.5) is 0 Å². The predicted molar refractivity (Wildman–Crippen MR) is 118 cm³/mol. The number of carbonyl (C=O) groups excluding carboxylic acids is 2. The second kappa shape index (κ2) is 10.4. The molecule has 0 radical (unpaired) electrons. The fourth-order valence-electron chi connectivity index (χ4n) is 3.22. The van der Waals surface area contributed by atoms with E-state index in [-0.39, 0.29) is 12.4 Å². The van der Waals surface area contributed by atoms with Gasteiger partial charge >= 0.3 is 5.97 Å². The van der Waals surface area contributed by atoms with Gasteiger partial charge in [0.1, 0.15) is 12.4 Å². The maximum absolute atomic E-state index is 12.6. The normalized spacial score (nSPS) is 10.8. The Morgan fingerprint density at radius 2 is 1.87 bits per heavy atom. The number of thiazole rings is 1. The SMILES string of the molecule is COCCn1c(C)cc(C(=O)COC(=O)c2ccc(OCc3csc(C)n3)cc2)c1C. The molecule has 8 heteroatoms. The van der Waals surface area contributed by atoms with Crippen molar-refractivity contribution in [2.75, 3.05) is 20.3 Å². The number of esters is 1. The van der Waals surface area contributed by atoms with E-state index in [2.05, 4.69) is 4.98 Å². The van der Waals surface area contributed by atoms with Gasteiger partial charge in [0.2, 0.25) is 5.78 Å². The standard InChI is InChI=1S/C23H26N2O5S/c1-15-11-21(16(2)25(15)9-10-28-4)22(26)13-30-23(27)18-5-7-20(8-6-18)29-12-19-14-31-17(3)24-19/h5-8,11,14H,9-10,12-13H2,1-4H3. The lowest BCUT2D eigenvalue weighted by Gasteiger charge is -2.09. The van der Waals surface area contributed by atoms with Gasteiger partial charge in [0.05, 0.1) is 22.9 Å². The Labute approximate surface area is 185 Å². The molecule has 7 nitrogen and oxygen atoms in total. The molecule has 3 aromatic rings. The van der Waals surface area contributed by atoms with Gasteiger partial charge in [0.15, 0.2) is 6.61 Å². The van der Waals surface area contributed by atoms with Crippen LogP contribution in [0.3, 0.4) is 0 Å². The zero-order valence-corrected chi connectivity index (χ0v) is 19.0. The molecule has 0 amide bonds. The van der Waals surface area contributed by atoms with Crippen molar-refractivity contribution < 1.29 is 23.8 Å². The zero-order chi connectivity index (χ0) is 22.4. The minimum absolute atomic E-state index is 0.233. The van der Waals surface area contributed by atoms with E-state index in [1.165, 1.54) is 0 Å². The van der Waals surface area contributed by atoms with Crippen molar-refractivity contribution in [3.63, 3.8) is 0 Å². The van der Waals surface area contributed by atoms with E-state index in [1.54, 1.807) is 42.7 Å². The average molecular weight is 443 g/mol. The summed E-state index contributed by atoms with van der Waals surface area (Å²) in [5.74, 6) is -0.159. The van der Waals surface area contributed by atoms with Gasteiger partial charge in [0.25, 0.3) is 0 Å². The van der Waals surface area contributed by atoms with E-state index in [0.29, 0.717) is 36.6 Å². The Morgan fingerprint density at radius 1 is 1.13 bits per heavy atom. The number of ether oxygens (including phenoxy) is 3. The lowest BCUT2D eigenvalue weighted by Crippen LogP contribution is -2.15. The van der Waals surface area contributed by atoms with Crippen LogP contribution in [0.2, 0.25) is 0 Å². The second-order valence-corrected chi connectivity index (χ2v) is 8.16. The summed E-state index contributed by atoms with van der Waals surface area (Å²) in [6.45, 7) is 7.03. The Bertz CT molecular complexity index is 1050. The average Bonchev–Trinajstić information content (AvgIpc) is 3.31. The third-order valence-corrected chi connectivity index (χ3v) is 5.69. The lowest BCUT2D eigenvalue weighted by molar-refractivity contribution is 0.0474. The van der Waals surface area contributed by atoms with Crippen LogP contribution in [0, 0.1) is 20.8 Å². The van der Waals surface area contributed by atoms with Crippen molar-refractivity contribution in [3.8, 4) is 5.75 Å². The summed E-state index contributed by atoms with van der Waals surface area (Å²) in [6.07, 6.45) is 0. The molecule has 0 fully saturated rings. The predicted octanol–water partition coefficient (Wildman–Crippen LogP) is 4.13. The molecule has 2 aromatic heterocycles. The number of aromatic nitrogens is 2. The van der Waals surface area contributed by atoms with Crippen molar-refractivity contribution in [2.24, 2.45) is 0 Å². The summed E-state index contributed by atoms with van der Waals surface area (Å²) in [7, 11) is 1.64. The molecular formula is C23H26N2O5S. The van der Waals surface area contributed by atoms with Crippen LogP contribution in [0.25, 0.3) is 0 Å². The van der Waals surface area contributed by atoms with E-state index in [4.69, 9.17) is 14.2 Å². The summed E-state index contributed by atoms with van der Waals surface area (Å²) >= 11 is 1.57. The van der Waals surface area contributed by atoms with Gasteiger partial charge in [-0.15, -0.1) is 11.3 Å². The van der Waals surface area contributed by atoms with E-state index in [0.717, 1.165) is 22.1 Å². The molecular weight excluding hydrogens is 416 g/mol. The van der Waals surface area contributed by atoms with Gasteiger partial charge in [-0.2, -0.15) is 0 Å². The molecule has 0 atom stereocenters. The highest BCUT2D eigenvalue weighted by Gasteiger charge is 2.18. The fourth-order valence-corrected chi connectivity index (χ4v) is 3.82. The first kappa shape index (κ1) is 22.7. The molecule has 164 valence electrons. The first-order chi connectivity index (χ1) is 14.9. The van der Waals surface area contributed by atoms with Crippen molar-refractivity contribution in [1.82, 2.24) is 9.55 Å².